The number of hydrogen-bond donors (Lipinski definition) is 0. The molecule has 1 heterocycles. The molecule has 7 rings (SSSR count). The summed E-state index contributed by atoms with van der Waals surface area (Å²) < 4.78 is 348. The predicted molar refractivity (Wildman–Crippen MR) is 263 cm³/mol. The number of unbranched alkanes of at least 4 members (excludes halogenated alkanes) is 5. The largest absolute Gasteiger partial charge is 0.458 e. The van der Waals surface area contributed by atoms with Crippen LogP contribution in [0.4, 0.5) is 105 Å². The highest BCUT2D eigenvalue weighted by Gasteiger charge is 2.47. The molecule has 0 aliphatic carbocycles. The number of halogens is 24. The van der Waals surface area contributed by atoms with Crippen molar-refractivity contribution in [2.24, 2.45) is 0 Å². The summed E-state index contributed by atoms with van der Waals surface area (Å²) in [4.78, 5) is 13.0. The Morgan fingerprint density at radius 3 is 1.02 bits per heavy atom. The maximum absolute atomic E-state index is 14.2. The van der Waals surface area contributed by atoms with Crippen LogP contribution in [0.3, 0.4) is 0 Å². The molecule has 85 heavy (non-hydrogen) atoms. The van der Waals surface area contributed by atoms with E-state index in [0.717, 1.165) is 29.2 Å². The van der Waals surface area contributed by atoms with Crippen LogP contribution in [0.25, 0.3) is 10.8 Å². The normalized spacial score (nSPS) is 13.2. The maximum Gasteiger partial charge on any atom is 0.416 e. The number of carbonyl (C=O) groups excluding carboxylic acids is 1. The average molecular weight is 1240 g/mol. The Labute approximate surface area is 466 Å². The molecule has 0 bridgehead atoms. The second kappa shape index (κ2) is 24.9. The van der Waals surface area contributed by atoms with Gasteiger partial charge in [0.05, 0.1) is 56.5 Å². The molecule has 0 amide bonds. The fourth-order valence-corrected chi connectivity index (χ4v) is 9.58. The molecule has 3 nitrogen and oxygen atoms in total. The first-order valence-electron chi connectivity index (χ1n) is 25.0. The highest BCUT2D eigenvalue weighted by atomic mass is 19.4. The first-order chi connectivity index (χ1) is 39.1. The first kappa shape index (κ1) is 66.7. The van der Waals surface area contributed by atoms with E-state index in [1.165, 1.54) is 25.7 Å². The van der Waals surface area contributed by atoms with E-state index < -0.39 is 195 Å². The maximum atomic E-state index is 14.2. The molecule has 0 unspecified atom stereocenters. The van der Waals surface area contributed by atoms with E-state index in [0.29, 0.717) is 18.8 Å². The lowest BCUT2D eigenvalue weighted by atomic mass is 9.12. The number of fused-ring (bicyclic) bond motifs is 1. The second-order valence-electron chi connectivity index (χ2n) is 19.5. The quantitative estimate of drug-likeness (QED) is 0.0357. The van der Waals surface area contributed by atoms with E-state index in [-0.39, 0.29) is 5.97 Å². The van der Waals surface area contributed by atoms with Crippen molar-refractivity contribution < 1.29 is 119 Å². The number of nitrogens with zero attached hydrogens (tertiary/aromatic N) is 1. The molecule has 28 heteroatoms. The van der Waals surface area contributed by atoms with Gasteiger partial charge >= 0.3 is 55.4 Å². The van der Waals surface area contributed by atoms with Crippen LogP contribution in [0.15, 0.2) is 140 Å². The van der Waals surface area contributed by atoms with Crippen LogP contribution in [0, 0.1) is 0 Å². The van der Waals surface area contributed by atoms with Crippen LogP contribution in [0.2, 0.25) is 0 Å². The Bertz CT molecular complexity index is 3030. The van der Waals surface area contributed by atoms with Crippen LogP contribution in [0.1, 0.15) is 106 Å². The number of aromatic nitrogens is 1. The molecular formula is C57H42BF24NO2. The van der Waals surface area contributed by atoms with Crippen molar-refractivity contribution in [1.29, 1.82) is 0 Å². The number of rotatable bonds is 14. The molecule has 0 spiro atoms. The molecule has 0 radical (unpaired) electrons. The molecule has 458 valence electrons. The number of carbonyl (C=O) groups is 1. The van der Waals surface area contributed by atoms with E-state index >= 15 is 0 Å². The summed E-state index contributed by atoms with van der Waals surface area (Å²) in [7, 11) is 0. The van der Waals surface area contributed by atoms with Crippen LogP contribution >= 0.6 is 0 Å². The van der Waals surface area contributed by atoms with Crippen molar-refractivity contribution >= 4 is 44.7 Å². The van der Waals surface area contributed by atoms with Crippen molar-refractivity contribution in [3.8, 4) is 0 Å². The van der Waals surface area contributed by atoms with Gasteiger partial charge in [0.15, 0.2) is 12.7 Å². The molecule has 1 aromatic heterocycles. The van der Waals surface area contributed by atoms with Crippen LogP contribution < -0.4 is 26.4 Å². The van der Waals surface area contributed by atoms with E-state index in [4.69, 9.17) is 4.74 Å². The Kier molecular flexibility index (Phi) is 19.5. The van der Waals surface area contributed by atoms with Crippen molar-refractivity contribution in [3.63, 3.8) is 0 Å². The highest BCUT2D eigenvalue weighted by molar-refractivity contribution is 7.20. The molecule has 0 N–H and O–H groups in total. The SMILES string of the molecule is CCCCCCCCOC(=O)c1c2ccccc2cc[n+]1Cc1ccccc1.FC(F)(F)c1cc([B-](c2cc(C(F)(F)F)cc(C(F)(F)F)c2)(c2cc(C(F)(F)F)cc(C(F)(F)F)c2)c2cc(C(F)(F)F)cc(C(F)(F)F)c2)cc(C(F)(F)F)c1. The Hall–Kier alpha value is -7.42. The minimum Gasteiger partial charge on any atom is -0.458 e. The van der Waals surface area contributed by atoms with Gasteiger partial charge in [-0.15, -0.1) is 0 Å². The smallest absolute Gasteiger partial charge is 0.416 e. The van der Waals surface area contributed by atoms with Crippen molar-refractivity contribution in [1.82, 2.24) is 0 Å². The Morgan fingerprint density at radius 1 is 0.388 bits per heavy atom. The molecule has 7 aromatic rings. The summed E-state index contributed by atoms with van der Waals surface area (Å²) in [5.41, 5.74) is -28.4. The lowest BCUT2D eigenvalue weighted by Gasteiger charge is -2.46. The van der Waals surface area contributed by atoms with E-state index in [2.05, 4.69) is 25.1 Å². The van der Waals surface area contributed by atoms with Gasteiger partial charge in [-0.1, -0.05) is 136 Å². The molecule has 0 fully saturated rings. The number of alkyl halides is 24. The van der Waals surface area contributed by atoms with Crippen LogP contribution in [-0.4, -0.2) is 18.7 Å². The molecule has 0 aliphatic heterocycles. The molecule has 0 saturated heterocycles. The topological polar surface area (TPSA) is 30.2 Å². The lowest BCUT2D eigenvalue weighted by molar-refractivity contribution is -0.689. The first-order valence-corrected chi connectivity index (χ1v) is 25.0. The summed E-state index contributed by atoms with van der Waals surface area (Å²) >= 11 is 0. The minimum atomic E-state index is -6.13. The highest BCUT2D eigenvalue weighted by Crippen LogP contribution is 2.41. The number of pyridine rings is 1. The van der Waals surface area contributed by atoms with E-state index in [9.17, 15) is 110 Å². The third kappa shape index (κ3) is 16.3. The van der Waals surface area contributed by atoms with Gasteiger partial charge in [0.2, 0.25) is 0 Å². The van der Waals surface area contributed by atoms with Gasteiger partial charge in [-0.3, -0.25) is 0 Å². The average Bonchev–Trinajstić information content (AvgIpc) is 0.791. The van der Waals surface area contributed by atoms with Crippen LogP contribution in [0.5, 0.6) is 0 Å². The van der Waals surface area contributed by atoms with Gasteiger partial charge in [-0.25, -0.2) is 4.79 Å². The molecule has 0 atom stereocenters. The fraction of sp³-hybridized carbons (Fsp3) is 0.298. The molecule has 0 aliphatic rings. The Morgan fingerprint density at radius 2 is 0.694 bits per heavy atom. The van der Waals surface area contributed by atoms with Gasteiger partial charge in [-0.05, 0) is 42.1 Å². The van der Waals surface area contributed by atoms with Gasteiger partial charge < -0.3 is 4.74 Å². The van der Waals surface area contributed by atoms with E-state index in [1.54, 1.807) is 0 Å². The molecule has 0 saturated carbocycles. The summed E-state index contributed by atoms with van der Waals surface area (Å²) in [5, 5.41) is 1.99. The zero-order chi connectivity index (χ0) is 63.5. The van der Waals surface area contributed by atoms with Gasteiger partial charge in [0.1, 0.15) is 6.15 Å². The minimum absolute atomic E-state index is 0.235. The van der Waals surface area contributed by atoms with Gasteiger partial charge in [0.25, 0.3) is 5.69 Å². The fourth-order valence-electron chi connectivity index (χ4n) is 9.58. The zero-order valence-corrected chi connectivity index (χ0v) is 43.3. The summed E-state index contributed by atoms with van der Waals surface area (Å²) in [6, 6.07) is 11.4. The van der Waals surface area contributed by atoms with Gasteiger partial charge in [-0.2, -0.15) is 132 Å². The second-order valence-corrected chi connectivity index (χ2v) is 19.5. The third-order valence-corrected chi connectivity index (χ3v) is 13.5. The van der Waals surface area contributed by atoms with Crippen molar-refractivity contribution in [3.05, 3.63) is 195 Å². The lowest BCUT2D eigenvalue weighted by Crippen LogP contribution is -2.75. The van der Waals surface area contributed by atoms with Crippen molar-refractivity contribution in [2.45, 2.75) is 101 Å². The molecular weight excluding hydrogens is 1200 g/mol. The van der Waals surface area contributed by atoms with Crippen LogP contribution in [-0.2, 0) is 60.7 Å². The zero-order valence-electron chi connectivity index (χ0n) is 43.3. The predicted octanol–water partition coefficient (Wildman–Crippen LogP) is 16.9. The summed E-state index contributed by atoms with van der Waals surface area (Å²) in [6.07, 6.45) is -45.8. The number of hydrogen-bond acceptors (Lipinski definition) is 2. The Balaban J connectivity index is 0.000000343. The number of ether oxygens (including phenoxy) is 1. The standard InChI is InChI=1S/C32H12BF24.C25H30NO2/c34-25(35,36)13-1-14(26(37,38)39)6-21(5-13)33(22-7-15(27(40,41)42)2-16(8-22)28(43,44)45,23-9-17(29(46,47)48)3-18(10-23)30(49,50)51)24-11-19(31(52,53)54)4-20(12-24)32(55,56)57;1-2-3-4-5-6-12-19-28-25(27)24-23-16-11-10-15-22(23)17-18-26(24)20-21-13-8-7-9-14-21/h1-12H;7-11,13-18H,2-6,12,19-20H2,1H3/q-1;+1. The van der Waals surface area contributed by atoms with Crippen molar-refractivity contribution in [2.75, 3.05) is 6.61 Å². The number of benzene rings is 6. The van der Waals surface area contributed by atoms with E-state index in [1.807, 2.05) is 53.2 Å². The van der Waals surface area contributed by atoms with Gasteiger partial charge in [0, 0.05) is 11.6 Å². The number of esters is 1. The molecule has 6 aromatic carbocycles. The monoisotopic (exact) mass is 1240 g/mol. The summed E-state index contributed by atoms with van der Waals surface area (Å²) in [5.74, 6) is -0.235. The third-order valence-electron chi connectivity index (χ3n) is 13.5. The summed E-state index contributed by atoms with van der Waals surface area (Å²) in [6.45, 7) is 3.35.